The summed E-state index contributed by atoms with van der Waals surface area (Å²) in [6.07, 6.45) is 5.45. The lowest BCUT2D eigenvalue weighted by atomic mass is 9.71. The second-order valence-corrected chi connectivity index (χ2v) is 8.14. The van der Waals surface area contributed by atoms with Crippen LogP contribution in [0.25, 0.3) is 0 Å². The maximum absolute atomic E-state index is 9.95. The van der Waals surface area contributed by atoms with Gasteiger partial charge in [0.15, 0.2) is 0 Å². The van der Waals surface area contributed by atoms with Gasteiger partial charge in [-0.1, -0.05) is 30.3 Å². The minimum atomic E-state index is 0.355. The summed E-state index contributed by atoms with van der Waals surface area (Å²) in [7, 11) is 0. The highest BCUT2D eigenvalue weighted by Gasteiger charge is 2.47. The number of piperidine rings is 1. The van der Waals surface area contributed by atoms with Gasteiger partial charge >= 0.3 is 0 Å². The van der Waals surface area contributed by atoms with Crippen LogP contribution in [0.1, 0.15) is 31.2 Å². The SMILES string of the molecule is OCC1CN(Cc2ccccc2)CC12CCN(CC1CC1)CC2. The first-order chi connectivity index (χ1) is 11.3. The molecule has 3 heteroatoms. The molecule has 2 heterocycles. The standard InChI is InChI=1S/C20H30N2O/c23-15-19-14-22(13-17-4-2-1-3-5-17)16-20(19)8-10-21(11-9-20)12-18-6-7-18/h1-5,18-19,23H,6-16H2. The molecule has 3 aliphatic rings. The molecule has 1 N–H and O–H groups in total. The Hall–Kier alpha value is -0.900. The number of nitrogens with zero attached hydrogens (tertiary/aromatic N) is 2. The fourth-order valence-electron chi connectivity index (χ4n) is 4.77. The third-order valence-electron chi connectivity index (χ3n) is 6.42. The fraction of sp³-hybridized carbons (Fsp3) is 0.700. The highest BCUT2D eigenvalue weighted by atomic mass is 16.3. The van der Waals surface area contributed by atoms with E-state index in [1.54, 1.807) is 0 Å². The maximum Gasteiger partial charge on any atom is 0.0477 e. The normalized spacial score (nSPS) is 28.5. The van der Waals surface area contributed by atoms with Crippen molar-refractivity contribution in [2.75, 3.05) is 39.3 Å². The summed E-state index contributed by atoms with van der Waals surface area (Å²) in [6, 6.07) is 10.8. The number of aliphatic hydroxyl groups is 1. The Morgan fingerprint density at radius 2 is 1.78 bits per heavy atom. The molecular weight excluding hydrogens is 284 g/mol. The predicted octanol–water partition coefficient (Wildman–Crippen LogP) is 2.60. The Kier molecular flexibility index (Phi) is 4.44. The zero-order valence-corrected chi connectivity index (χ0v) is 14.2. The molecule has 1 aliphatic carbocycles. The highest BCUT2D eigenvalue weighted by Crippen LogP contribution is 2.45. The van der Waals surface area contributed by atoms with Crippen LogP contribution in [0.4, 0.5) is 0 Å². The van der Waals surface area contributed by atoms with E-state index in [0.29, 0.717) is 17.9 Å². The lowest BCUT2D eigenvalue weighted by molar-refractivity contribution is 0.0494. The zero-order chi connectivity index (χ0) is 15.7. The van der Waals surface area contributed by atoms with Gasteiger partial charge in [0.1, 0.15) is 0 Å². The molecular formula is C20H30N2O. The second-order valence-electron chi connectivity index (χ2n) is 8.14. The number of hydrogen-bond donors (Lipinski definition) is 1. The van der Waals surface area contributed by atoms with Crippen LogP contribution in [0.5, 0.6) is 0 Å². The fourth-order valence-corrected chi connectivity index (χ4v) is 4.77. The molecule has 0 radical (unpaired) electrons. The van der Waals surface area contributed by atoms with Gasteiger partial charge in [-0.15, -0.1) is 0 Å². The Morgan fingerprint density at radius 3 is 2.43 bits per heavy atom. The van der Waals surface area contributed by atoms with Crippen LogP contribution in [0.3, 0.4) is 0 Å². The van der Waals surface area contributed by atoms with Crippen LogP contribution in [-0.2, 0) is 6.54 Å². The summed E-state index contributed by atoms with van der Waals surface area (Å²) < 4.78 is 0. The number of hydrogen-bond acceptors (Lipinski definition) is 3. The topological polar surface area (TPSA) is 26.7 Å². The van der Waals surface area contributed by atoms with Crippen LogP contribution in [0, 0.1) is 17.3 Å². The molecule has 23 heavy (non-hydrogen) atoms. The van der Waals surface area contributed by atoms with Crippen LogP contribution in [-0.4, -0.2) is 54.2 Å². The van der Waals surface area contributed by atoms with Crippen molar-refractivity contribution < 1.29 is 5.11 Å². The molecule has 4 rings (SSSR count). The third kappa shape index (κ3) is 3.47. The van der Waals surface area contributed by atoms with Crippen molar-refractivity contribution in [2.24, 2.45) is 17.3 Å². The summed E-state index contributed by atoms with van der Waals surface area (Å²) in [5.74, 6) is 1.46. The predicted molar refractivity (Wildman–Crippen MR) is 93.1 cm³/mol. The molecule has 0 aromatic heterocycles. The van der Waals surface area contributed by atoms with Gasteiger partial charge in [-0.2, -0.15) is 0 Å². The molecule has 1 unspecified atom stereocenters. The summed E-state index contributed by atoms with van der Waals surface area (Å²) in [5.41, 5.74) is 1.76. The van der Waals surface area contributed by atoms with E-state index in [-0.39, 0.29) is 0 Å². The van der Waals surface area contributed by atoms with Gasteiger partial charge in [0.2, 0.25) is 0 Å². The molecule has 1 saturated carbocycles. The molecule has 1 spiro atoms. The van der Waals surface area contributed by atoms with E-state index < -0.39 is 0 Å². The van der Waals surface area contributed by atoms with Crippen molar-refractivity contribution in [2.45, 2.75) is 32.2 Å². The van der Waals surface area contributed by atoms with E-state index in [1.807, 2.05) is 0 Å². The molecule has 3 fully saturated rings. The summed E-state index contributed by atoms with van der Waals surface area (Å²) in [6.45, 7) is 7.43. The zero-order valence-electron chi connectivity index (χ0n) is 14.2. The van der Waals surface area contributed by atoms with Crippen LogP contribution >= 0.6 is 0 Å². The van der Waals surface area contributed by atoms with E-state index in [4.69, 9.17) is 0 Å². The minimum Gasteiger partial charge on any atom is -0.396 e. The summed E-state index contributed by atoms with van der Waals surface area (Å²) in [4.78, 5) is 5.25. The first kappa shape index (κ1) is 15.6. The van der Waals surface area contributed by atoms with Gasteiger partial charge in [-0.25, -0.2) is 0 Å². The Bertz CT molecular complexity index is 506. The lowest BCUT2D eigenvalue weighted by Gasteiger charge is -2.42. The van der Waals surface area contributed by atoms with Gasteiger partial charge in [-0.05, 0) is 55.7 Å². The number of benzene rings is 1. The van der Waals surface area contributed by atoms with Crippen molar-refractivity contribution >= 4 is 0 Å². The smallest absolute Gasteiger partial charge is 0.0477 e. The van der Waals surface area contributed by atoms with E-state index >= 15 is 0 Å². The average molecular weight is 314 g/mol. The average Bonchev–Trinajstić information content (AvgIpc) is 3.33. The van der Waals surface area contributed by atoms with Crippen LogP contribution in [0.15, 0.2) is 30.3 Å². The molecule has 1 atom stereocenters. The van der Waals surface area contributed by atoms with Gasteiger partial charge in [0.25, 0.3) is 0 Å². The first-order valence-corrected chi connectivity index (χ1v) is 9.37. The summed E-state index contributed by atoms with van der Waals surface area (Å²) in [5, 5.41) is 9.95. The van der Waals surface area contributed by atoms with E-state index in [2.05, 4.69) is 40.1 Å². The van der Waals surface area contributed by atoms with E-state index in [0.717, 1.165) is 19.0 Å². The Morgan fingerprint density at radius 1 is 1.04 bits per heavy atom. The van der Waals surface area contributed by atoms with Crippen LogP contribution < -0.4 is 0 Å². The lowest BCUT2D eigenvalue weighted by Crippen LogP contribution is -2.45. The van der Waals surface area contributed by atoms with Crippen molar-refractivity contribution in [1.29, 1.82) is 0 Å². The van der Waals surface area contributed by atoms with Crippen molar-refractivity contribution in [3.63, 3.8) is 0 Å². The summed E-state index contributed by atoms with van der Waals surface area (Å²) >= 11 is 0. The third-order valence-corrected chi connectivity index (χ3v) is 6.42. The first-order valence-electron chi connectivity index (χ1n) is 9.37. The number of rotatable bonds is 5. The molecule has 1 aromatic carbocycles. The largest absolute Gasteiger partial charge is 0.396 e. The maximum atomic E-state index is 9.95. The highest BCUT2D eigenvalue weighted by molar-refractivity contribution is 5.15. The van der Waals surface area contributed by atoms with Crippen molar-refractivity contribution in [1.82, 2.24) is 9.80 Å². The van der Waals surface area contributed by atoms with Crippen LogP contribution in [0.2, 0.25) is 0 Å². The van der Waals surface area contributed by atoms with Crippen molar-refractivity contribution in [3.8, 4) is 0 Å². The molecule has 0 bridgehead atoms. The van der Waals surface area contributed by atoms with Crippen molar-refractivity contribution in [3.05, 3.63) is 35.9 Å². The molecule has 0 amide bonds. The van der Waals surface area contributed by atoms with Gasteiger partial charge < -0.3 is 10.0 Å². The number of likely N-dealkylation sites (tertiary alicyclic amines) is 2. The second kappa shape index (κ2) is 6.54. The van der Waals surface area contributed by atoms with E-state index in [9.17, 15) is 5.11 Å². The molecule has 2 saturated heterocycles. The molecule has 2 aliphatic heterocycles. The minimum absolute atomic E-state index is 0.355. The molecule has 1 aromatic rings. The van der Waals surface area contributed by atoms with E-state index in [1.165, 1.54) is 57.4 Å². The number of aliphatic hydroxyl groups excluding tert-OH is 1. The Balaban J connectivity index is 1.37. The van der Waals surface area contributed by atoms with Gasteiger partial charge in [-0.3, -0.25) is 4.90 Å². The van der Waals surface area contributed by atoms with Gasteiger partial charge in [0, 0.05) is 38.7 Å². The molecule has 3 nitrogen and oxygen atoms in total. The Labute approximate surface area is 140 Å². The quantitative estimate of drug-likeness (QED) is 0.905. The molecule has 126 valence electrons. The van der Waals surface area contributed by atoms with Gasteiger partial charge in [0.05, 0.1) is 0 Å². The monoisotopic (exact) mass is 314 g/mol.